The lowest BCUT2D eigenvalue weighted by molar-refractivity contribution is -0.136. The van der Waals surface area contributed by atoms with Gasteiger partial charge < -0.3 is 10.6 Å². The molecule has 1 amide bonds. The van der Waals surface area contributed by atoms with Crippen molar-refractivity contribution in [1.29, 1.82) is 0 Å². The van der Waals surface area contributed by atoms with E-state index in [1.165, 1.54) is 6.07 Å². The smallest absolute Gasteiger partial charge is 0.341 e. The molecule has 44 heavy (non-hydrogen) atoms. The third kappa shape index (κ3) is 4.67. The molecule has 0 spiro atoms. The second-order valence-electron chi connectivity index (χ2n) is 9.59. The van der Waals surface area contributed by atoms with Crippen LogP contribution in [0.2, 0.25) is 5.02 Å². The molecule has 0 bridgehead atoms. The van der Waals surface area contributed by atoms with Crippen LogP contribution in [0.4, 0.5) is 46.6 Å². The molecule has 3 aromatic carbocycles. The Bertz CT molecular complexity index is 2060. The van der Waals surface area contributed by atoms with Crippen molar-refractivity contribution in [3.05, 3.63) is 85.8 Å². The molecule has 1 aliphatic heterocycles. The Morgan fingerprint density at radius 3 is 2.45 bits per heavy atom. The summed E-state index contributed by atoms with van der Waals surface area (Å²) in [6.07, 6.45) is -8.15. The highest BCUT2D eigenvalue weighted by Crippen LogP contribution is 2.44. The molecule has 3 heterocycles. The fraction of sp³-hybridized carbons (Fsp3) is 0.192. The molecule has 2 N–H and O–H groups in total. The van der Waals surface area contributed by atoms with Gasteiger partial charge in [0.1, 0.15) is 17.2 Å². The van der Waals surface area contributed by atoms with E-state index in [0.717, 1.165) is 18.2 Å². The summed E-state index contributed by atoms with van der Waals surface area (Å²) < 4.78 is 112. The van der Waals surface area contributed by atoms with Crippen LogP contribution in [0.15, 0.2) is 41.2 Å². The summed E-state index contributed by atoms with van der Waals surface area (Å²) in [5.41, 5.74) is -5.02. The van der Waals surface area contributed by atoms with Gasteiger partial charge in [0.05, 0.1) is 40.1 Å². The summed E-state index contributed by atoms with van der Waals surface area (Å²) in [4.78, 5) is 26.4. The van der Waals surface area contributed by atoms with E-state index < -0.39 is 83.1 Å². The molecular weight excluding hydrogens is 630 g/mol. The van der Waals surface area contributed by atoms with Crippen molar-refractivity contribution < 1.29 is 39.9 Å². The van der Waals surface area contributed by atoms with Crippen molar-refractivity contribution >= 4 is 50.9 Å². The first kappa shape index (κ1) is 29.3. The van der Waals surface area contributed by atoms with Crippen molar-refractivity contribution in [2.24, 2.45) is 0 Å². The third-order valence-corrected chi connectivity index (χ3v) is 7.36. The zero-order chi connectivity index (χ0) is 31.7. The lowest BCUT2D eigenvalue weighted by Crippen LogP contribution is -2.26. The minimum Gasteiger partial charge on any atom is -0.341 e. The van der Waals surface area contributed by atoms with Crippen LogP contribution in [0.5, 0.6) is 0 Å². The minimum atomic E-state index is -5.05. The molecule has 0 radical (unpaired) electrons. The Morgan fingerprint density at radius 1 is 1.02 bits per heavy atom. The van der Waals surface area contributed by atoms with Gasteiger partial charge in [-0.2, -0.15) is 13.2 Å². The first-order chi connectivity index (χ1) is 20.8. The highest BCUT2D eigenvalue weighted by Gasteiger charge is 2.39. The zero-order valence-corrected chi connectivity index (χ0v) is 22.2. The summed E-state index contributed by atoms with van der Waals surface area (Å²) in [5, 5.41) is 15.0. The molecule has 1 aliphatic rings. The van der Waals surface area contributed by atoms with Gasteiger partial charge in [0, 0.05) is 21.8 Å². The van der Waals surface area contributed by atoms with Gasteiger partial charge in [-0.15, -0.1) is 10.2 Å². The average Bonchev–Trinajstić information content (AvgIpc) is 3.42. The number of carbonyl (C=O) groups is 1. The number of amides is 1. The number of fused-ring (bicyclic) bond motifs is 4. The number of hydrogen-bond donors (Lipinski definition) is 2. The number of carbonyl (C=O) groups excluding carboxylic acids is 1. The van der Waals surface area contributed by atoms with Gasteiger partial charge >= 0.3 is 11.9 Å². The molecule has 2 aromatic heterocycles. The summed E-state index contributed by atoms with van der Waals surface area (Å²) in [5.74, 6) is -3.54. The molecule has 0 saturated heterocycles. The number of nitrogens with zero attached hydrogens (tertiary/aromatic N) is 5. The van der Waals surface area contributed by atoms with Gasteiger partial charge in [-0.1, -0.05) is 11.6 Å². The molecule has 6 rings (SSSR count). The number of aromatic nitrogens is 5. The third-order valence-electron chi connectivity index (χ3n) is 7.02. The Labute approximate surface area is 244 Å². The van der Waals surface area contributed by atoms with Gasteiger partial charge in [0.15, 0.2) is 12.6 Å². The minimum absolute atomic E-state index is 0.0154. The topological polar surface area (TPSA) is 107 Å². The molecule has 228 valence electrons. The van der Waals surface area contributed by atoms with Gasteiger partial charge in [-0.25, -0.2) is 26.7 Å². The maximum Gasteiger partial charge on any atom is 0.418 e. The summed E-state index contributed by atoms with van der Waals surface area (Å²) in [7, 11) is 0. The number of nitrogens with one attached hydrogen (secondary N) is 2. The maximum absolute atomic E-state index is 14.4. The van der Waals surface area contributed by atoms with Gasteiger partial charge in [-0.3, -0.25) is 13.9 Å². The van der Waals surface area contributed by atoms with E-state index in [1.807, 2.05) is 0 Å². The largest absolute Gasteiger partial charge is 0.418 e. The van der Waals surface area contributed by atoms with Crippen LogP contribution in [0.1, 0.15) is 33.1 Å². The van der Waals surface area contributed by atoms with E-state index in [-0.39, 0.29) is 38.9 Å². The van der Waals surface area contributed by atoms with Crippen LogP contribution in [0, 0.1) is 11.6 Å². The van der Waals surface area contributed by atoms with Gasteiger partial charge in [0.2, 0.25) is 0 Å². The monoisotopic (exact) mass is 643 g/mol. The van der Waals surface area contributed by atoms with E-state index in [1.54, 1.807) is 0 Å². The number of hydrogen-bond acceptors (Lipinski definition) is 6. The van der Waals surface area contributed by atoms with Crippen molar-refractivity contribution in [2.45, 2.75) is 32.0 Å². The predicted molar refractivity (Wildman–Crippen MR) is 140 cm³/mol. The fourth-order valence-corrected chi connectivity index (χ4v) is 5.52. The predicted octanol–water partition coefficient (Wildman–Crippen LogP) is 5.86. The van der Waals surface area contributed by atoms with E-state index in [9.17, 15) is 44.7 Å². The Hall–Kier alpha value is -4.80. The lowest BCUT2D eigenvalue weighted by atomic mass is 9.95. The molecule has 5 aromatic rings. The summed E-state index contributed by atoms with van der Waals surface area (Å²) in [6, 6.07) is 3.83. The van der Waals surface area contributed by atoms with E-state index in [4.69, 9.17) is 11.6 Å². The molecule has 18 heteroatoms. The highest BCUT2D eigenvalue weighted by atomic mass is 35.5. The van der Waals surface area contributed by atoms with E-state index in [2.05, 4.69) is 26.0 Å². The normalized spacial score (nSPS) is 15.0. The number of benzene rings is 3. The summed E-state index contributed by atoms with van der Waals surface area (Å²) in [6.45, 7) is -2.73. The van der Waals surface area contributed by atoms with Crippen molar-refractivity contribution in [3.63, 3.8) is 0 Å². The summed E-state index contributed by atoms with van der Waals surface area (Å²) >= 11 is 6.30. The molecule has 0 aliphatic carbocycles. The van der Waals surface area contributed by atoms with Crippen molar-refractivity contribution in [2.75, 3.05) is 5.32 Å². The molecule has 9 nitrogen and oxygen atoms in total. The van der Waals surface area contributed by atoms with Crippen LogP contribution >= 0.6 is 11.6 Å². The maximum atomic E-state index is 14.4. The van der Waals surface area contributed by atoms with Crippen LogP contribution < -0.4 is 16.3 Å². The Morgan fingerprint density at radius 2 is 1.77 bits per heavy atom. The van der Waals surface area contributed by atoms with E-state index in [0.29, 0.717) is 15.2 Å². The Balaban J connectivity index is 1.69. The number of rotatable bonds is 6. The number of anilines is 2. The van der Waals surface area contributed by atoms with Crippen LogP contribution in [0.25, 0.3) is 21.9 Å². The van der Waals surface area contributed by atoms with Crippen molar-refractivity contribution in [1.82, 2.24) is 29.9 Å². The van der Waals surface area contributed by atoms with Crippen LogP contribution in [-0.4, -0.2) is 36.9 Å². The molecule has 1 atom stereocenters. The number of alkyl halides is 6. The SMILES string of the molecule is O=C1NC(c2cc(F)ccc2Cl)c2c(Nc3nnnc4c(C(F)(F)F)cc(F)cc34)cc3c(c21)n(CF)c(=O)n3CC(F)F. The van der Waals surface area contributed by atoms with Crippen LogP contribution in [0.3, 0.4) is 0 Å². The quantitative estimate of drug-likeness (QED) is 0.225. The Kier molecular flexibility index (Phi) is 6.94. The van der Waals surface area contributed by atoms with E-state index >= 15 is 0 Å². The average molecular weight is 644 g/mol. The molecular formula is C26H14ClF8N7O2. The first-order valence-corrected chi connectivity index (χ1v) is 12.7. The standard InChI is InChI=1S/C26H14ClF8N7O2/c27-14-2-1-9(29)3-11(14)21-18-15(36-23-12-4-10(30)5-13(26(33,34)35)20(12)38-40-39-23)6-16-22(19(18)24(43)37-21)42(8-28)25(44)41(16)7-17(31)32/h1-6,17,21H,7-8H2,(H,37,43)(H,36,38,39). The highest BCUT2D eigenvalue weighted by molar-refractivity contribution is 6.31. The second-order valence-corrected chi connectivity index (χ2v) is 10.0. The number of halogens is 9. The molecule has 0 fully saturated rings. The van der Waals surface area contributed by atoms with Gasteiger partial charge in [-0.05, 0) is 41.6 Å². The molecule has 0 saturated carbocycles. The lowest BCUT2D eigenvalue weighted by Gasteiger charge is -2.19. The van der Waals surface area contributed by atoms with Crippen molar-refractivity contribution in [3.8, 4) is 0 Å². The first-order valence-electron chi connectivity index (χ1n) is 12.4. The second kappa shape index (κ2) is 10.4. The zero-order valence-electron chi connectivity index (χ0n) is 21.5. The van der Waals surface area contributed by atoms with Crippen LogP contribution in [-0.2, 0) is 19.5 Å². The molecule has 1 unspecified atom stereocenters. The number of imidazole rings is 1. The fourth-order valence-electron chi connectivity index (χ4n) is 5.29. The van der Waals surface area contributed by atoms with Gasteiger partial charge in [0.25, 0.3) is 12.3 Å².